The number of benzene rings is 1. The van der Waals surface area contributed by atoms with E-state index < -0.39 is 11.1 Å². The molecule has 0 heterocycles. The summed E-state index contributed by atoms with van der Waals surface area (Å²) in [5, 5.41) is 8.92. The van der Waals surface area contributed by atoms with Crippen molar-refractivity contribution >= 4 is 22.7 Å². The van der Waals surface area contributed by atoms with Crippen LogP contribution >= 0.6 is 11.6 Å². The Morgan fingerprint density at radius 3 is 2.85 bits per heavy atom. The highest BCUT2D eigenvalue weighted by molar-refractivity contribution is 7.78. The molecule has 5 heteroatoms. The van der Waals surface area contributed by atoms with Crippen LogP contribution in [0.2, 0.25) is 5.02 Å². The Bertz CT molecular complexity index is 386. The molecule has 1 atom stereocenters. The second-order valence-electron chi connectivity index (χ2n) is 2.37. The molecule has 0 aliphatic carbocycles. The maximum Gasteiger partial charge on any atom is 0.101 e. The van der Waals surface area contributed by atoms with Gasteiger partial charge in [0.2, 0.25) is 0 Å². The lowest BCUT2D eigenvalue weighted by Gasteiger charge is -2.05. The van der Waals surface area contributed by atoms with Crippen LogP contribution in [0, 0.1) is 11.3 Å². The summed E-state index contributed by atoms with van der Waals surface area (Å²) in [6, 6.07) is 6.44. The van der Waals surface area contributed by atoms with Gasteiger partial charge in [0.05, 0.1) is 10.6 Å². The fourth-order valence-corrected chi connectivity index (χ4v) is 1.50. The van der Waals surface area contributed by atoms with Gasteiger partial charge < -0.3 is 4.55 Å². The van der Waals surface area contributed by atoms with Gasteiger partial charge in [-0.2, -0.15) is 5.26 Å². The molecule has 1 unspecified atom stereocenters. The zero-order valence-corrected chi connectivity index (χ0v) is 8.06. The lowest BCUT2D eigenvalue weighted by atomic mass is 10.1. The van der Waals surface area contributed by atoms with E-state index in [1.807, 2.05) is 6.07 Å². The molecular weight excluding hydrogens is 210 g/mol. The van der Waals surface area contributed by atoms with Gasteiger partial charge in [-0.1, -0.05) is 28.7 Å². The number of hydrogen-bond donors (Lipinski definition) is 0. The van der Waals surface area contributed by atoms with Crippen LogP contribution in [-0.2, 0) is 16.8 Å². The van der Waals surface area contributed by atoms with Crippen LogP contribution in [0.5, 0.6) is 0 Å². The monoisotopic (exact) mass is 214 g/mol. The normalized spacial score (nSPS) is 12.1. The van der Waals surface area contributed by atoms with Crippen molar-refractivity contribution in [3.63, 3.8) is 0 Å². The predicted octanol–water partition coefficient (Wildman–Crippen LogP) is 1.59. The summed E-state index contributed by atoms with van der Waals surface area (Å²) in [6.07, 6.45) is 0. The Balaban J connectivity index is 3.01. The Kier molecular flexibility index (Phi) is 3.43. The van der Waals surface area contributed by atoms with Gasteiger partial charge in [-0.25, -0.2) is 0 Å². The van der Waals surface area contributed by atoms with E-state index in [9.17, 15) is 8.76 Å². The number of halogens is 1. The van der Waals surface area contributed by atoms with Crippen molar-refractivity contribution in [3.05, 3.63) is 34.3 Å². The van der Waals surface area contributed by atoms with E-state index in [0.717, 1.165) is 0 Å². The summed E-state index contributed by atoms with van der Waals surface area (Å²) in [5.74, 6) is -0.0914. The lowest BCUT2D eigenvalue weighted by molar-refractivity contribution is 0.536. The molecule has 0 aromatic heterocycles. The molecule has 1 aromatic rings. The molecule has 0 saturated heterocycles. The summed E-state index contributed by atoms with van der Waals surface area (Å²) < 4.78 is 20.7. The number of nitriles is 1. The third kappa shape index (κ3) is 2.81. The van der Waals surface area contributed by atoms with E-state index in [2.05, 4.69) is 0 Å². The van der Waals surface area contributed by atoms with Crippen molar-refractivity contribution in [2.24, 2.45) is 0 Å². The quantitative estimate of drug-likeness (QED) is 0.703. The summed E-state index contributed by atoms with van der Waals surface area (Å²) in [6.45, 7) is 0. The average Bonchev–Trinajstić information content (AvgIpc) is 2.07. The van der Waals surface area contributed by atoms with Crippen molar-refractivity contribution in [1.29, 1.82) is 5.26 Å². The van der Waals surface area contributed by atoms with Gasteiger partial charge in [-0.05, 0) is 17.7 Å². The highest BCUT2D eigenvalue weighted by Gasteiger charge is 2.00. The SMILES string of the molecule is N#Cc1cc(CS(=O)[O-])ccc1Cl. The van der Waals surface area contributed by atoms with Crippen LogP contribution in [0.25, 0.3) is 0 Å². The second-order valence-corrected chi connectivity index (χ2v) is 3.68. The van der Waals surface area contributed by atoms with Crippen molar-refractivity contribution < 1.29 is 8.76 Å². The third-order valence-electron chi connectivity index (χ3n) is 1.44. The summed E-state index contributed by atoms with van der Waals surface area (Å²) >= 11 is 3.52. The Morgan fingerprint density at radius 1 is 1.62 bits per heavy atom. The zero-order valence-electron chi connectivity index (χ0n) is 6.49. The molecule has 3 nitrogen and oxygen atoms in total. The van der Waals surface area contributed by atoms with E-state index in [1.54, 1.807) is 6.07 Å². The minimum Gasteiger partial charge on any atom is -0.772 e. The molecule has 0 bridgehead atoms. The first-order chi connectivity index (χ1) is 6.13. The molecule has 13 heavy (non-hydrogen) atoms. The van der Waals surface area contributed by atoms with E-state index in [0.29, 0.717) is 16.1 Å². The van der Waals surface area contributed by atoms with Crippen molar-refractivity contribution in [1.82, 2.24) is 0 Å². The Labute approximate surface area is 83.2 Å². The number of rotatable bonds is 2. The minimum absolute atomic E-state index is 0.0914. The predicted molar refractivity (Wildman–Crippen MR) is 48.8 cm³/mol. The average molecular weight is 215 g/mol. The molecular formula is C8H5ClNO2S-. The van der Waals surface area contributed by atoms with Crippen molar-refractivity contribution in [2.45, 2.75) is 5.75 Å². The molecule has 0 radical (unpaired) electrons. The second kappa shape index (κ2) is 4.38. The van der Waals surface area contributed by atoms with E-state index in [1.165, 1.54) is 12.1 Å². The molecule has 1 aromatic carbocycles. The van der Waals surface area contributed by atoms with Crippen LogP contribution in [-0.4, -0.2) is 8.76 Å². The lowest BCUT2D eigenvalue weighted by Crippen LogP contribution is -1.93. The molecule has 0 amide bonds. The standard InChI is InChI=1S/C8H6ClNO2S/c9-8-2-1-6(5-13(11)12)3-7(8)4-10/h1-3H,5H2,(H,11,12)/p-1. The maximum atomic E-state index is 10.3. The molecule has 0 aliphatic rings. The van der Waals surface area contributed by atoms with Crippen LogP contribution < -0.4 is 0 Å². The summed E-state index contributed by atoms with van der Waals surface area (Å²) in [7, 11) is 0. The highest BCUT2D eigenvalue weighted by Crippen LogP contribution is 2.17. The molecule has 68 valence electrons. The van der Waals surface area contributed by atoms with Gasteiger partial charge in [0, 0.05) is 5.75 Å². The van der Waals surface area contributed by atoms with Gasteiger partial charge in [-0.15, -0.1) is 0 Å². The fourth-order valence-electron chi connectivity index (χ4n) is 0.884. The fraction of sp³-hybridized carbons (Fsp3) is 0.125. The molecule has 0 aliphatic heterocycles. The van der Waals surface area contributed by atoms with Crippen LogP contribution in [0.4, 0.5) is 0 Å². The zero-order chi connectivity index (χ0) is 9.84. The summed E-state index contributed by atoms with van der Waals surface area (Å²) in [4.78, 5) is 0. The van der Waals surface area contributed by atoms with E-state index >= 15 is 0 Å². The van der Waals surface area contributed by atoms with Gasteiger partial charge in [-0.3, -0.25) is 4.21 Å². The molecule has 0 spiro atoms. The van der Waals surface area contributed by atoms with E-state index in [4.69, 9.17) is 16.9 Å². The Hall–Kier alpha value is -0.890. The molecule has 0 N–H and O–H groups in total. The van der Waals surface area contributed by atoms with Crippen molar-refractivity contribution in [2.75, 3.05) is 0 Å². The minimum atomic E-state index is -2.14. The highest BCUT2D eigenvalue weighted by atomic mass is 35.5. The van der Waals surface area contributed by atoms with Crippen LogP contribution in [0.3, 0.4) is 0 Å². The number of hydrogen-bond acceptors (Lipinski definition) is 3. The topological polar surface area (TPSA) is 63.9 Å². The van der Waals surface area contributed by atoms with Gasteiger partial charge >= 0.3 is 0 Å². The van der Waals surface area contributed by atoms with Crippen molar-refractivity contribution in [3.8, 4) is 6.07 Å². The summed E-state index contributed by atoms with van der Waals surface area (Å²) in [5.41, 5.74) is 0.860. The van der Waals surface area contributed by atoms with Gasteiger partial charge in [0.1, 0.15) is 6.07 Å². The molecule has 0 saturated carbocycles. The first-order valence-electron chi connectivity index (χ1n) is 3.38. The van der Waals surface area contributed by atoms with E-state index in [-0.39, 0.29) is 5.75 Å². The molecule has 0 fully saturated rings. The van der Waals surface area contributed by atoms with Crippen LogP contribution in [0.1, 0.15) is 11.1 Å². The number of nitrogens with zero attached hydrogens (tertiary/aromatic N) is 1. The van der Waals surface area contributed by atoms with Gasteiger partial charge in [0.15, 0.2) is 0 Å². The van der Waals surface area contributed by atoms with Gasteiger partial charge in [0.25, 0.3) is 0 Å². The molecule has 1 rings (SSSR count). The Morgan fingerprint density at radius 2 is 2.31 bits per heavy atom. The third-order valence-corrected chi connectivity index (χ3v) is 2.33. The smallest absolute Gasteiger partial charge is 0.101 e. The van der Waals surface area contributed by atoms with Crippen LogP contribution in [0.15, 0.2) is 18.2 Å². The largest absolute Gasteiger partial charge is 0.772 e. The maximum absolute atomic E-state index is 10.3. The first kappa shape index (κ1) is 10.2. The first-order valence-corrected chi connectivity index (χ1v) is 5.00.